The first-order valence-corrected chi connectivity index (χ1v) is 6.71. The summed E-state index contributed by atoms with van der Waals surface area (Å²) in [7, 11) is -1.82. The highest BCUT2D eigenvalue weighted by Crippen LogP contribution is 2.23. The quantitative estimate of drug-likeness (QED) is 0.825. The molecule has 1 rings (SSSR count). The molecule has 96 valence electrons. The second-order valence-electron chi connectivity index (χ2n) is 4.57. The Morgan fingerprint density at radius 2 is 1.76 bits per heavy atom. The van der Waals surface area contributed by atoms with Crippen LogP contribution in [0.15, 0.2) is 29.2 Å². The zero-order valence-corrected chi connectivity index (χ0v) is 11.0. The van der Waals surface area contributed by atoms with Crippen LogP contribution in [0.5, 0.6) is 0 Å². The van der Waals surface area contributed by atoms with Crippen molar-refractivity contribution in [2.45, 2.75) is 24.3 Å². The lowest BCUT2D eigenvalue weighted by Crippen LogP contribution is -2.44. The molecule has 0 radical (unpaired) electrons. The summed E-state index contributed by atoms with van der Waals surface area (Å²) in [5.41, 5.74) is 0.403. The predicted octanol–water partition coefficient (Wildman–Crippen LogP) is 0.541. The number of hydrogen-bond acceptors (Lipinski definition) is 4. The number of aliphatic hydroxyl groups excluding tert-OH is 1. The van der Waals surface area contributed by atoms with Crippen molar-refractivity contribution in [2.24, 2.45) is 5.14 Å². The summed E-state index contributed by atoms with van der Waals surface area (Å²) in [5, 5.41) is 14.3. The van der Waals surface area contributed by atoms with Gasteiger partial charge in [0.05, 0.1) is 17.0 Å². The minimum Gasteiger partial charge on any atom is -0.394 e. The van der Waals surface area contributed by atoms with E-state index in [-0.39, 0.29) is 11.5 Å². The maximum Gasteiger partial charge on any atom is 0.238 e. The number of primary sulfonamides is 1. The van der Waals surface area contributed by atoms with Gasteiger partial charge in [0.1, 0.15) is 0 Å². The molecule has 0 aliphatic rings. The van der Waals surface area contributed by atoms with E-state index in [4.69, 9.17) is 5.14 Å². The Bertz CT molecular complexity index is 480. The van der Waals surface area contributed by atoms with Crippen molar-refractivity contribution in [3.63, 3.8) is 0 Å². The van der Waals surface area contributed by atoms with Crippen LogP contribution in [0.3, 0.4) is 0 Å². The summed E-state index contributed by atoms with van der Waals surface area (Å²) < 4.78 is 22.2. The number of aliphatic hydroxyl groups is 1. The van der Waals surface area contributed by atoms with Gasteiger partial charge in [0, 0.05) is 12.7 Å². The number of anilines is 1. The number of nitrogens with two attached hydrogens (primary N) is 1. The summed E-state index contributed by atoms with van der Waals surface area (Å²) in [6, 6.07) is 6.23. The lowest BCUT2D eigenvalue weighted by atomic mass is 10.0. The van der Waals surface area contributed by atoms with E-state index in [9.17, 15) is 13.5 Å². The Hall–Kier alpha value is -1.11. The first kappa shape index (κ1) is 14.0. The third-order valence-corrected chi connectivity index (χ3v) is 3.78. The largest absolute Gasteiger partial charge is 0.394 e. The van der Waals surface area contributed by atoms with E-state index < -0.39 is 15.6 Å². The van der Waals surface area contributed by atoms with Gasteiger partial charge in [-0.05, 0) is 38.1 Å². The van der Waals surface area contributed by atoms with E-state index >= 15 is 0 Å². The lowest BCUT2D eigenvalue weighted by molar-refractivity contribution is 0.216. The maximum atomic E-state index is 11.1. The topological polar surface area (TPSA) is 83.6 Å². The normalized spacial score (nSPS) is 12.5. The lowest BCUT2D eigenvalue weighted by Gasteiger charge is -2.35. The fraction of sp³-hybridized carbons (Fsp3) is 0.455. The molecule has 0 bridgehead atoms. The average molecular weight is 258 g/mol. The molecule has 0 aliphatic heterocycles. The molecular formula is C11H18N2O3S. The van der Waals surface area contributed by atoms with Gasteiger partial charge in [-0.15, -0.1) is 0 Å². The van der Waals surface area contributed by atoms with Gasteiger partial charge >= 0.3 is 0 Å². The molecule has 6 heteroatoms. The molecule has 0 heterocycles. The van der Waals surface area contributed by atoms with Crippen LogP contribution in [0.2, 0.25) is 0 Å². The van der Waals surface area contributed by atoms with Crippen LogP contribution in [-0.4, -0.2) is 32.7 Å². The second-order valence-corrected chi connectivity index (χ2v) is 6.13. The van der Waals surface area contributed by atoms with Crippen LogP contribution in [0.4, 0.5) is 5.69 Å². The number of benzene rings is 1. The molecule has 3 N–H and O–H groups in total. The van der Waals surface area contributed by atoms with Gasteiger partial charge in [0.15, 0.2) is 0 Å². The van der Waals surface area contributed by atoms with Gasteiger partial charge in [-0.2, -0.15) is 0 Å². The van der Waals surface area contributed by atoms with E-state index in [0.717, 1.165) is 5.69 Å². The third-order valence-electron chi connectivity index (χ3n) is 2.85. The molecule has 0 saturated heterocycles. The molecule has 0 saturated carbocycles. The smallest absolute Gasteiger partial charge is 0.238 e. The summed E-state index contributed by atoms with van der Waals surface area (Å²) in [6.07, 6.45) is 0. The fourth-order valence-corrected chi connectivity index (χ4v) is 1.83. The Balaban J connectivity index is 3.04. The molecule has 0 aromatic heterocycles. The number of likely N-dealkylation sites (N-methyl/N-ethyl adjacent to an activating group) is 1. The Labute approximate surface area is 102 Å². The van der Waals surface area contributed by atoms with Crippen LogP contribution in [0.1, 0.15) is 13.8 Å². The van der Waals surface area contributed by atoms with Gasteiger partial charge in [-0.3, -0.25) is 0 Å². The van der Waals surface area contributed by atoms with E-state index in [0.29, 0.717) is 0 Å². The van der Waals surface area contributed by atoms with Crippen molar-refractivity contribution < 1.29 is 13.5 Å². The molecule has 0 fully saturated rings. The van der Waals surface area contributed by atoms with Crippen LogP contribution in [0, 0.1) is 0 Å². The first-order valence-electron chi connectivity index (χ1n) is 5.16. The van der Waals surface area contributed by atoms with E-state index in [1.165, 1.54) is 12.1 Å². The Morgan fingerprint density at radius 3 is 2.12 bits per heavy atom. The highest BCUT2D eigenvalue weighted by molar-refractivity contribution is 7.89. The first-order chi connectivity index (χ1) is 7.68. The van der Waals surface area contributed by atoms with Crippen LogP contribution < -0.4 is 10.0 Å². The van der Waals surface area contributed by atoms with Crippen molar-refractivity contribution in [3.8, 4) is 0 Å². The summed E-state index contributed by atoms with van der Waals surface area (Å²) in [6.45, 7) is 3.78. The van der Waals surface area contributed by atoms with Gasteiger partial charge in [-0.25, -0.2) is 13.6 Å². The number of nitrogens with zero attached hydrogens (tertiary/aromatic N) is 1. The van der Waals surface area contributed by atoms with Crippen molar-refractivity contribution in [1.82, 2.24) is 0 Å². The van der Waals surface area contributed by atoms with E-state index in [2.05, 4.69) is 0 Å². The monoisotopic (exact) mass is 258 g/mol. The minimum atomic E-state index is -3.65. The number of sulfonamides is 1. The van der Waals surface area contributed by atoms with Gasteiger partial charge in [0.25, 0.3) is 0 Å². The zero-order chi connectivity index (χ0) is 13.3. The molecule has 0 spiro atoms. The highest BCUT2D eigenvalue weighted by atomic mass is 32.2. The van der Waals surface area contributed by atoms with Crippen LogP contribution in [-0.2, 0) is 10.0 Å². The summed E-state index contributed by atoms with van der Waals surface area (Å²) in [5.74, 6) is 0. The Kier molecular flexibility index (Phi) is 3.81. The number of rotatable bonds is 4. The van der Waals surface area contributed by atoms with Crippen LogP contribution in [0.25, 0.3) is 0 Å². The number of hydrogen-bond donors (Lipinski definition) is 2. The molecule has 0 amide bonds. The summed E-state index contributed by atoms with van der Waals surface area (Å²) in [4.78, 5) is 1.95. The highest BCUT2D eigenvalue weighted by Gasteiger charge is 2.22. The van der Waals surface area contributed by atoms with Crippen molar-refractivity contribution >= 4 is 15.7 Å². The SMILES string of the molecule is CN(c1ccc(S(N)(=O)=O)cc1)C(C)(C)CO. The molecule has 1 aromatic rings. The second kappa shape index (κ2) is 4.64. The molecule has 0 unspecified atom stereocenters. The molecule has 0 aliphatic carbocycles. The van der Waals surface area contributed by atoms with Gasteiger partial charge < -0.3 is 10.0 Å². The molecule has 0 atom stereocenters. The predicted molar refractivity (Wildman–Crippen MR) is 67.4 cm³/mol. The molecule has 1 aromatic carbocycles. The molecule has 17 heavy (non-hydrogen) atoms. The van der Waals surface area contributed by atoms with Gasteiger partial charge in [0.2, 0.25) is 10.0 Å². The molecule has 5 nitrogen and oxygen atoms in total. The molecular weight excluding hydrogens is 240 g/mol. The fourth-order valence-electron chi connectivity index (χ4n) is 1.31. The van der Waals surface area contributed by atoms with Crippen molar-refractivity contribution in [1.29, 1.82) is 0 Å². The average Bonchev–Trinajstić information content (AvgIpc) is 2.27. The van der Waals surface area contributed by atoms with Crippen LogP contribution >= 0.6 is 0 Å². The third kappa shape index (κ3) is 3.18. The van der Waals surface area contributed by atoms with Gasteiger partial charge in [-0.1, -0.05) is 0 Å². The Morgan fingerprint density at radius 1 is 1.29 bits per heavy atom. The minimum absolute atomic E-state index is 0.000435. The zero-order valence-electron chi connectivity index (χ0n) is 10.2. The van der Waals surface area contributed by atoms with E-state index in [1.54, 1.807) is 12.1 Å². The standard InChI is InChI=1S/C11H18N2O3S/c1-11(2,8-14)13(3)9-4-6-10(7-5-9)17(12,15)16/h4-7,14H,8H2,1-3H3,(H2,12,15,16). The maximum absolute atomic E-state index is 11.1. The van der Waals surface area contributed by atoms with Crippen molar-refractivity contribution in [3.05, 3.63) is 24.3 Å². The van der Waals surface area contributed by atoms with E-state index in [1.807, 2.05) is 25.8 Å². The van der Waals surface area contributed by atoms with Crippen molar-refractivity contribution in [2.75, 3.05) is 18.6 Å². The summed E-state index contributed by atoms with van der Waals surface area (Å²) >= 11 is 0.